The maximum atomic E-state index is 12.0. The number of carbonyl (C=O) groups is 1. The number of aromatic nitrogens is 3. The van der Waals surface area contributed by atoms with E-state index in [-0.39, 0.29) is 11.9 Å². The van der Waals surface area contributed by atoms with Crippen molar-refractivity contribution in [2.24, 2.45) is 0 Å². The minimum Gasteiger partial charge on any atom is -0.495 e. The molecule has 1 aromatic carbocycles. The maximum Gasteiger partial charge on any atom is 0.246 e. The van der Waals surface area contributed by atoms with Crippen LogP contribution in [0.15, 0.2) is 49.4 Å². The van der Waals surface area contributed by atoms with Crippen molar-refractivity contribution < 1.29 is 9.53 Å². The number of benzene rings is 1. The average molecular weight is 420 g/mol. The summed E-state index contributed by atoms with van der Waals surface area (Å²) in [5, 5.41) is 1.96. The van der Waals surface area contributed by atoms with Crippen LogP contribution < -0.4 is 10.5 Å². The number of anilines is 1. The van der Waals surface area contributed by atoms with E-state index in [0.29, 0.717) is 18.9 Å². The van der Waals surface area contributed by atoms with E-state index in [9.17, 15) is 4.79 Å². The minimum atomic E-state index is -0.0417. The van der Waals surface area contributed by atoms with Crippen LogP contribution in [-0.2, 0) is 4.79 Å². The third kappa shape index (κ3) is 2.83. The molecule has 2 N–H and O–H groups in total. The largest absolute Gasteiger partial charge is 0.495 e. The van der Waals surface area contributed by atoms with Crippen molar-refractivity contribution in [1.82, 2.24) is 19.4 Å². The van der Waals surface area contributed by atoms with Gasteiger partial charge in [-0.05, 0) is 30.0 Å². The highest BCUT2D eigenvalue weighted by molar-refractivity contribution is 7.22. The molecular formula is C22H21N5O2S. The Bertz CT molecular complexity index is 1290. The fourth-order valence-corrected chi connectivity index (χ4v) is 5.37. The number of amides is 1. The van der Waals surface area contributed by atoms with Crippen molar-refractivity contribution in [1.29, 1.82) is 0 Å². The molecule has 0 bridgehead atoms. The van der Waals surface area contributed by atoms with Crippen molar-refractivity contribution in [3.63, 3.8) is 0 Å². The highest BCUT2D eigenvalue weighted by Crippen LogP contribution is 2.43. The number of nitrogen functional groups attached to an aromatic ring is 1. The summed E-state index contributed by atoms with van der Waals surface area (Å²) in [7, 11) is 1.68. The van der Waals surface area contributed by atoms with Crippen LogP contribution in [0, 0.1) is 0 Å². The molecule has 1 saturated heterocycles. The van der Waals surface area contributed by atoms with Crippen LogP contribution in [0.3, 0.4) is 0 Å². The second kappa shape index (κ2) is 7.14. The number of hydrogen-bond donors (Lipinski definition) is 1. The van der Waals surface area contributed by atoms with Gasteiger partial charge in [0.25, 0.3) is 0 Å². The standard InChI is InChI=1S/C22H21N5O2S/c1-3-18(28)26-8-7-14(10-26)27-11-15(19-21(23)24-12-25-22(19)27)17-9-13-5-4-6-16(29-2)20(13)30-17/h3-6,9,11-12,14H,1,7-8,10H2,2H3,(H2,23,24,25). The van der Waals surface area contributed by atoms with Gasteiger partial charge in [-0.2, -0.15) is 0 Å². The van der Waals surface area contributed by atoms with Crippen molar-refractivity contribution in [2.75, 3.05) is 25.9 Å². The molecular weight excluding hydrogens is 398 g/mol. The van der Waals surface area contributed by atoms with Gasteiger partial charge in [0, 0.05) is 29.7 Å². The highest BCUT2D eigenvalue weighted by Gasteiger charge is 2.29. The molecule has 1 unspecified atom stereocenters. The molecule has 1 aliphatic heterocycles. The number of rotatable bonds is 4. The smallest absolute Gasteiger partial charge is 0.246 e. The van der Waals surface area contributed by atoms with Gasteiger partial charge in [-0.15, -0.1) is 11.3 Å². The lowest BCUT2D eigenvalue weighted by Crippen LogP contribution is -2.27. The highest BCUT2D eigenvalue weighted by atomic mass is 32.1. The Balaban J connectivity index is 1.65. The van der Waals surface area contributed by atoms with Crippen molar-refractivity contribution >= 4 is 44.2 Å². The summed E-state index contributed by atoms with van der Waals surface area (Å²) in [6.45, 7) is 4.92. The summed E-state index contributed by atoms with van der Waals surface area (Å²) in [4.78, 5) is 23.7. The molecule has 0 saturated carbocycles. The zero-order valence-corrected chi connectivity index (χ0v) is 17.4. The molecule has 8 heteroatoms. The van der Waals surface area contributed by atoms with E-state index in [1.807, 2.05) is 17.0 Å². The lowest BCUT2D eigenvalue weighted by molar-refractivity contribution is -0.125. The van der Waals surface area contributed by atoms with Crippen molar-refractivity contribution in [3.05, 3.63) is 49.4 Å². The molecule has 152 valence electrons. The molecule has 4 aromatic rings. The second-order valence-electron chi connectivity index (χ2n) is 7.33. The number of nitrogens with zero attached hydrogens (tertiary/aromatic N) is 4. The first-order chi connectivity index (χ1) is 14.6. The molecule has 1 atom stereocenters. The minimum absolute atomic E-state index is 0.0417. The molecule has 0 radical (unpaired) electrons. The van der Waals surface area contributed by atoms with Crippen molar-refractivity contribution in [2.45, 2.75) is 12.5 Å². The van der Waals surface area contributed by atoms with E-state index in [0.717, 1.165) is 43.7 Å². The van der Waals surface area contributed by atoms with Gasteiger partial charge in [0.15, 0.2) is 0 Å². The quantitative estimate of drug-likeness (QED) is 0.508. The van der Waals surface area contributed by atoms with E-state index in [1.165, 1.54) is 12.4 Å². The Kier molecular flexibility index (Phi) is 4.43. The first-order valence-corrected chi connectivity index (χ1v) is 10.5. The normalized spacial score (nSPS) is 16.4. The number of ether oxygens (including phenoxy) is 1. The number of likely N-dealkylation sites (tertiary alicyclic amines) is 1. The predicted molar refractivity (Wildman–Crippen MR) is 120 cm³/mol. The predicted octanol–water partition coefficient (Wildman–Crippen LogP) is 3.86. The molecule has 4 heterocycles. The van der Waals surface area contributed by atoms with Gasteiger partial charge in [0.2, 0.25) is 5.91 Å². The zero-order valence-electron chi connectivity index (χ0n) is 16.5. The molecule has 3 aromatic heterocycles. The second-order valence-corrected chi connectivity index (χ2v) is 8.38. The number of hydrogen-bond acceptors (Lipinski definition) is 6. The summed E-state index contributed by atoms with van der Waals surface area (Å²) < 4.78 is 8.76. The molecule has 7 nitrogen and oxygen atoms in total. The van der Waals surface area contributed by atoms with E-state index in [1.54, 1.807) is 18.4 Å². The van der Waals surface area contributed by atoms with Gasteiger partial charge in [0.1, 0.15) is 23.5 Å². The molecule has 5 rings (SSSR count). The molecule has 0 spiro atoms. The van der Waals surface area contributed by atoms with Crippen LogP contribution in [0.2, 0.25) is 0 Å². The monoisotopic (exact) mass is 419 g/mol. The van der Waals surface area contributed by atoms with E-state index >= 15 is 0 Å². The number of fused-ring (bicyclic) bond motifs is 2. The first kappa shape index (κ1) is 18.6. The lowest BCUT2D eigenvalue weighted by Gasteiger charge is -2.15. The van der Waals surface area contributed by atoms with Crippen molar-refractivity contribution in [3.8, 4) is 16.2 Å². The van der Waals surface area contributed by atoms with Crippen LogP contribution >= 0.6 is 11.3 Å². The summed E-state index contributed by atoms with van der Waals surface area (Å²) in [6.07, 6.45) is 5.81. The SMILES string of the molecule is C=CC(=O)N1CCC(n2cc(-c3cc4cccc(OC)c4s3)c3c(N)ncnc32)C1. The van der Waals surface area contributed by atoms with Gasteiger partial charge >= 0.3 is 0 Å². The first-order valence-electron chi connectivity index (χ1n) is 9.70. The number of thiophene rings is 1. The fraction of sp³-hybridized carbons (Fsp3) is 0.227. The summed E-state index contributed by atoms with van der Waals surface area (Å²) in [5.74, 6) is 1.27. The lowest BCUT2D eigenvalue weighted by atomic mass is 10.1. The van der Waals surface area contributed by atoms with Crippen LogP contribution in [0.4, 0.5) is 5.82 Å². The van der Waals surface area contributed by atoms with Crippen LogP contribution in [0.1, 0.15) is 12.5 Å². The topological polar surface area (TPSA) is 86.3 Å². The summed E-state index contributed by atoms with van der Waals surface area (Å²) in [6, 6.07) is 8.31. The third-order valence-corrected chi connectivity index (χ3v) is 6.87. The Morgan fingerprint density at radius 2 is 2.27 bits per heavy atom. The third-order valence-electron chi connectivity index (χ3n) is 5.68. The zero-order chi connectivity index (χ0) is 20.8. The van der Waals surface area contributed by atoms with Gasteiger partial charge < -0.3 is 19.9 Å². The van der Waals surface area contributed by atoms with Gasteiger partial charge in [-0.25, -0.2) is 9.97 Å². The summed E-state index contributed by atoms with van der Waals surface area (Å²) >= 11 is 1.66. The number of carbonyl (C=O) groups excluding carboxylic acids is 1. The van der Waals surface area contributed by atoms with Crippen LogP contribution in [0.5, 0.6) is 5.75 Å². The van der Waals surface area contributed by atoms with E-state index in [2.05, 4.69) is 39.4 Å². The van der Waals surface area contributed by atoms with Gasteiger partial charge in [0.05, 0.1) is 23.2 Å². The number of nitrogens with two attached hydrogens (primary N) is 1. The molecule has 30 heavy (non-hydrogen) atoms. The summed E-state index contributed by atoms with van der Waals surface area (Å²) in [5.41, 5.74) is 8.08. The van der Waals surface area contributed by atoms with E-state index in [4.69, 9.17) is 10.5 Å². The Labute approximate surface area is 177 Å². The van der Waals surface area contributed by atoms with Crippen LogP contribution in [-0.4, -0.2) is 45.5 Å². The Morgan fingerprint density at radius 1 is 1.40 bits per heavy atom. The Hall–Kier alpha value is -3.39. The van der Waals surface area contributed by atoms with Gasteiger partial charge in [-0.3, -0.25) is 4.79 Å². The average Bonchev–Trinajstić information content (AvgIpc) is 3.48. The molecule has 1 aliphatic rings. The maximum absolute atomic E-state index is 12.0. The van der Waals surface area contributed by atoms with Gasteiger partial charge in [-0.1, -0.05) is 18.7 Å². The van der Waals surface area contributed by atoms with E-state index < -0.39 is 0 Å². The number of methoxy groups -OCH3 is 1. The molecule has 0 aliphatic carbocycles. The Morgan fingerprint density at radius 3 is 3.07 bits per heavy atom. The fourth-order valence-electron chi connectivity index (χ4n) is 4.20. The molecule has 1 fully saturated rings. The van der Waals surface area contributed by atoms with Crippen LogP contribution in [0.25, 0.3) is 31.6 Å². The molecule has 1 amide bonds.